The number of carboxylic acids is 1. The lowest BCUT2D eigenvalue weighted by Crippen LogP contribution is -2.48. The number of hydrogen-bond acceptors (Lipinski definition) is 5. The molecular weight excluding hydrogens is 252 g/mol. The van der Waals surface area contributed by atoms with E-state index in [4.69, 9.17) is 4.84 Å². The number of benzene rings is 1. The Kier molecular flexibility index (Phi) is 3.48. The van der Waals surface area contributed by atoms with Crippen LogP contribution in [0.4, 0.5) is 0 Å². The molecule has 0 unspecified atom stereocenters. The monoisotopic (exact) mass is 264 g/mol. The normalized spacial score (nSPS) is 12.5. The second-order valence-electron chi connectivity index (χ2n) is 3.95. The first-order valence-electron chi connectivity index (χ1n) is 5.54. The molecule has 100 valence electrons. The predicted molar refractivity (Wildman–Crippen MR) is 66.1 cm³/mol. The Balaban J connectivity index is 2.25. The largest absolute Gasteiger partial charge is 0.480 e. The molecule has 2 rings (SSSR count). The Morgan fingerprint density at radius 2 is 1.89 bits per heavy atom. The number of hydrogen-bond donors (Lipinski definition) is 1. The summed E-state index contributed by atoms with van der Waals surface area (Å²) in [4.78, 5) is 38.2. The molecule has 0 aliphatic carbocycles. The molecule has 0 spiro atoms. The molecule has 0 saturated heterocycles. The van der Waals surface area contributed by atoms with Crippen molar-refractivity contribution in [2.45, 2.75) is 12.5 Å². The molecule has 0 radical (unpaired) electrons. The van der Waals surface area contributed by atoms with Crippen molar-refractivity contribution in [2.24, 2.45) is 0 Å². The van der Waals surface area contributed by atoms with Gasteiger partial charge in [-0.25, -0.2) is 4.79 Å². The van der Waals surface area contributed by atoms with E-state index in [1.807, 2.05) is 6.07 Å². The molecular formula is C12H12N2O5. The fraction of sp³-hybridized carbons (Fsp3) is 0.250. The molecule has 7 nitrogen and oxygen atoms in total. The van der Waals surface area contributed by atoms with Gasteiger partial charge in [-0.2, -0.15) is 5.17 Å². The number of nitrogens with zero attached hydrogens (tertiary/aromatic N) is 2. The third-order valence-electron chi connectivity index (χ3n) is 2.73. The zero-order valence-electron chi connectivity index (χ0n) is 10.1. The van der Waals surface area contributed by atoms with Gasteiger partial charge in [0.05, 0.1) is 7.11 Å². The summed E-state index contributed by atoms with van der Waals surface area (Å²) in [5, 5.41) is 10.0. The standard InChI is InChI=1S/C12H12N2O5/c1-19-14(13-10(15)11(13)16)9(12(17)18)7-8-5-3-2-4-6-8/h2-6,9H,7H2,1H3,(H,17,18)/t9-/m0/s1. The van der Waals surface area contributed by atoms with Gasteiger partial charge in [0.2, 0.25) is 0 Å². The summed E-state index contributed by atoms with van der Waals surface area (Å²) >= 11 is 0. The maximum absolute atomic E-state index is 11.3. The van der Waals surface area contributed by atoms with E-state index in [1.54, 1.807) is 24.3 Å². The Labute approximate surface area is 107 Å². The third kappa shape index (κ3) is 2.55. The number of rotatable bonds is 6. The SMILES string of the molecule is CON([C@@H](Cc1ccccc1)C(=O)O)n1c(=O)c1=O. The van der Waals surface area contributed by atoms with E-state index in [-0.39, 0.29) is 6.42 Å². The number of carbonyl (C=O) groups is 1. The maximum atomic E-state index is 11.3. The van der Waals surface area contributed by atoms with Gasteiger partial charge in [-0.3, -0.25) is 14.4 Å². The van der Waals surface area contributed by atoms with Gasteiger partial charge in [0.1, 0.15) is 0 Å². The molecule has 1 aromatic heterocycles. The molecule has 2 aromatic rings. The van der Waals surface area contributed by atoms with E-state index in [0.29, 0.717) is 4.68 Å². The Bertz CT molecular complexity index is 616. The number of carboxylic acid groups (broad SMARTS) is 1. The molecule has 0 aliphatic rings. The Hall–Kier alpha value is -2.41. The first-order chi connectivity index (χ1) is 9.06. The summed E-state index contributed by atoms with van der Waals surface area (Å²) in [5.74, 6) is -1.18. The first-order valence-corrected chi connectivity index (χ1v) is 5.54. The number of aliphatic carboxylic acids is 1. The van der Waals surface area contributed by atoms with Crippen molar-refractivity contribution in [2.75, 3.05) is 12.3 Å². The molecule has 0 fully saturated rings. The molecule has 0 bridgehead atoms. The van der Waals surface area contributed by atoms with Crippen LogP contribution in [0.1, 0.15) is 5.56 Å². The summed E-state index contributed by atoms with van der Waals surface area (Å²) in [7, 11) is 1.21. The Morgan fingerprint density at radius 3 is 2.32 bits per heavy atom. The summed E-state index contributed by atoms with van der Waals surface area (Å²) in [5.41, 5.74) is -0.791. The average Bonchev–Trinajstić information content (AvgIpc) is 2.98. The highest BCUT2D eigenvalue weighted by molar-refractivity contribution is 5.75. The minimum atomic E-state index is -1.18. The van der Waals surface area contributed by atoms with Crippen molar-refractivity contribution in [1.29, 1.82) is 0 Å². The summed E-state index contributed by atoms with van der Waals surface area (Å²) in [6.45, 7) is 0. The van der Waals surface area contributed by atoms with E-state index in [1.165, 1.54) is 7.11 Å². The van der Waals surface area contributed by atoms with Crippen molar-refractivity contribution in [3.63, 3.8) is 0 Å². The second kappa shape index (κ2) is 5.07. The molecule has 1 N–H and O–H groups in total. The van der Waals surface area contributed by atoms with Crippen molar-refractivity contribution in [3.8, 4) is 0 Å². The topological polar surface area (TPSA) is 88.8 Å². The van der Waals surface area contributed by atoms with E-state index in [0.717, 1.165) is 10.7 Å². The van der Waals surface area contributed by atoms with Gasteiger partial charge in [-0.05, 0) is 5.56 Å². The summed E-state index contributed by atoms with van der Waals surface area (Å²) in [6.07, 6.45) is 0.112. The van der Waals surface area contributed by atoms with Crippen LogP contribution in [0.5, 0.6) is 0 Å². The van der Waals surface area contributed by atoms with Crippen LogP contribution < -0.4 is 16.3 Å². The highest BCUT2D eigenvalue weighted by atomic mass is 16.7. The zero-order chi connectivity index (χ0) is 14.0. The van der Waals surface area contributed by atoms with Gasteiger partial charge in [0.25, 0.3) is 0 Å². The predicted octanol–water partition coefficient (Wildman–Crippen LogP) is -0.721. The van der Waals surface area contributed by atoms with Gasteiger partial charge in [0.15, 0.2) is 6.04 Å². The molecule has 1 atom stereocenters. The van der Waals surface area contributed by atoms with Gasteiger partial charge in [-0.15, -0.1) is 4.68 Å². The average molecular weight is 264 g/mol. The van der Waals surface area contributed by atoms with Gasteiger partial charge < -0.3 is 5.11 Å². The number of hydroxylamine groups is 1. The quantitative estimate of drug-likeness (QED) is 0.547. The third-order valence-corrected chi connectivity index (χ3v) is 2.73. The molecule has 7 heteroatoms. The van der Waals surface area contributed by atoms with Crippen LogP contribution in [0, 0.1) is 0 Å². The highest BCUT2D eigenvalue weighted by Crippen LogP contribution is 2.08. The van der Waals surface area contributed by atoms with E-state index < -0.39 is 23.1 Å². The van der Waals surface area contributed by atoms with Crippen LogP contribution in [-0.2, 0) is 16.1 Å². The van der Waals surface area contributed by atoms with Crippen molar-refractivity contribution in [3.05, 3.63) is 56.6 Å². The van der Waals surface area contributed by atoms with Gasteiger partial charge in [-0.1, -0.05) is 30.3 Å². The smallest absolute Gasteiger partial charge is 0.342 e. The van der Waals surface area contributed by atoms with Crippen LogP contribution in [0.25, 0.3) is 0 Å². The van der Waals surface area contributed by atoms with Gasteiger partial charge in [0, 0.05) is 6.42 Å². The lowest BCUT2D eigenvalue weighted by molar-refractivity contribution is -0.141. The minimum absolute atomic E-state index is 0.112. The molecule has 0 amide bonds. The fourth-order valence-corrected chi connectivity index (χ4v) is 1.75. The number of aromatic nitrogens is 1. The van der Waals surface area contributed by atoms with E-state index in [2.05, 4.69) is 0 Å². The fourth-order valence-electron chi connectivity index (χ4n) is 1.75. The second-order valence-corrected chi connectivity index (χ2v) is 3.95. The van der Waals surface area contributed by atoms with Crippen molar-refractivity contribution < 1.29 is 14.7 Å². The highest BCUT2D eigenvalue weighted by Gasteiger charge is 2.34. The van der Waals surface area contributed by atoms with E-state index >= 15 is 0 Å². The van der Waals surface area contributed by atoms with Crippen molar-refractivity contribution >= 4 is 5.97 Å². The Morgan fingerprint density at radius 1 is 1.32 bits per heavy atom. The van der Waals surface area contributed by atoms with Gasteiger partial charge >= 0.3 is 17.1 Å². The summed E-state index contributed by atoms with van der Waals surface area (Å²) < 4.78 is 0.668. The molecule has 1 aromatic carbocycles. The molecule has 0 aliphatic heterocycles. The van der Waals surface area contributed by atoms with Crippen LogP contribution in [0.3, 0.4) is 0 Å². The summed E-state index contributed by atoms with van der Waals surface area (Å²) in [6, 6.07) is 7.73. The van der Waals surface area contributed by atoms with E-state index in [9.17, 15) is 19.5 Å². The zero-order valence-corrected chi connectivity index (χ0v) is 10.1. The molecule has 19 heavy (non-hydrogen) atoms. The van der Waals surface area contributed by atoms with Crippen molar-refractivity contribution in [1.82, 2.24) is 4.68 Å². The maximum Gasteiger partial charge on any atom is 0.342 e. The molecule has 1 heterocycles. The lowest BCUT2D eigenvalue weighted by atomic mass is 10.1. The van der Waals surface area contributed by atoms with Crippen LogP contribution in [-0.4, -0.2) is 28.9 Å². The lowest BCUT2D eigenvalue weighted by Gasteiger charge is -2.24. The van der Waals surface area contributed by atoms with Crippen LogP contribution >= 0.6 is 0 Å². The minimum Gasteiger partial charge on any atom is -0.480 e. The van der Waals surface area contributed by atoms with Crippen LogP contribution in [0.15, 0.2) is 39.9 Å². The molecule has 0 saturated carbocycles. The first kappa shape index (κ1) is 13.0. The van der Waals surface area contributed by atoms with Crippen LogP contribution in [0.2, 0.25) is 0 Å².